The molecular weight excluding hydrogens is 276 g/mol. The van der Waals surface area contributed by atoms with Crippen LogP contribution < -0.4 is 0 Å². The standard InChI is InChI=1S/C23H18/c1-14-13-16-7-5-11-21-18-9-4-3-8-17(18)19-10-6-12-20(19)22(15(14)2)23(16)21/h3-11,13H,12H2,1-2H3. The lowest BCUT2D eigenvalue weighted by atomic mass is 9.87. The maximum atomic E-state index is 2.34. The molecule has 23 heavy (non-hydrogen) atoms. The third kappa shape index (κ3) is 1.61. The average molecular weight is 294 g/mol. The first-order valence-corrected chi connectivity index (χ1v) is 8.28. The highest BCUT2D eigenvalue weighted by atomic mass is 14.3. The molecule has 0 nitrogen and oxygen atoms in total. The summed E-state index contributed by atoms with van der Waals surface area (Å²) < 4.78 is 0. The largest absolute Gasteiger partial charge is 0.0795 e. The van der Waals surface area contributed by atoms with Gasteiger partial charge >= 0.3 is 0 Å². The normalized spacial score (nSPS) is 14.9. The van der Waals surface area contributed by atoms with E-state index in [4.69, 9.17) is 0 Å². The second-order valence-corrected chi connectivity index (χ2v) is 6.64. The van der Waals surface area contributed by atoms with Crippen molar-refractivity contribution in [3.05, 3.63) is 82.9 Å². The molecule has 0 radical (unpaired) electrons. The first-order valence-electron chi connectivity index (χ1n) is 8.28. The summed E-state index contributed by atoms with van der Waals surface area (Å²) in [5.41, 5.74) is 11.3. The summed E-state index contributed by atoms with van der Waals surface area (Å²) in [4.78, 5) is 0. The number of rotatable bonds is 0. The van der Waals surface area contributed by atoms with Gasteiger partial charge in [0.15, 0.2) is 0 Å². The first-order chi connectivity index (χ1) is 11.3. The molecule has 0 saturated heterocycles. The SMILES string of the molecule is Cc1cc2cccc3c2c(c1C)C1=C(C=CC1)c1ccccc1-3. The highest BCUT2D eigenvalue weighted by molar-refractivity contribution is 6.16. The van der Waals surface area contributed by atoms with Crippen LogP contribution in [0.15, 0.2) is 60.7 Å². The van der Waals surface area contributed by atoms with Crippen LogP contribution in [0.3, 0.4) is 0 Å². The fourth-order valence-corrected chi connectivity index (χ4v) is 4.24. The number of hydrogen-bond acceptors (Lipinski definition) is 0. The van der Waals surface area contributed by atoms with Crippen molar-refractivity contribution in [1.29, 1.82) is 0 Å². The second-order valence-electron chi connectivity index (χ2n) is 6.64. The van der Waals surface area contributed by atoms with Crippen molar-refractivity contribution in [2.75, 3.05) is 0 Å². The lowest BCUT2D eigenvalue weighted by Gasteiger charge is -2.16. The fourth-order valence-electron chi connectivity index (χ4n) is 4.24. The summed E-state index contributed by atoms with van der Waals surface area (Å²) >= 11 is 0. The smallest absolute Gasteiger partial charge is 0.00267 e. The summed E-state index contributed by atoms with van der Waals surface area (Å²) in [6, 6.07) is 17.9. The molecule has 0 aromatic heterocycles. The Kier molecular flexibility index (Phi) is 2.50. The quantitative estimate of drug-likeness (QED) is 0.456. The monoisotopic (exact) mass is 294 g/mol. The van der Waals surface area contributed by atoms with E-state index in [9.17, 15) is 0 Å². The average Bonchev–Trinajstić information content (AvgIpc) is 3.00. The van der Waals surface area contributed by atoms with Crippen LogP contribution in [-0.4, -0.2) is 0 Å². The number of allylic oxidation sites excluding steroid dienone is 4. The molecule has 0 saturated carbocycles. The van der Waals surface area contributed by atoms with Gasteiger partial charge in [0.05, 0.1) is 0 Å². The van der Waals surface area contributed by atoms with E-state index >= 15 is 0 Å². The summed E-state index contributed by atoms with van der Waals surface area (Å²) in [6.07, 6.45) is 5.66. The van der Waals surface area contributed by atoms with Crippen LogP contribution >= 0.6 is 0 Å². The van der Waals surface area contributed by atoms with Crippen LogP contribution in [-0.2, 0) is 0 Å². The van der Waals surface area contributed by atoms with Gasteiger partial charge in [-0.25, -0.2) is 0 Å². The fraction of sp³-hybridized carbons (Fsp3) is 0.130. The highest BCUT2D eigenvalue weighted by Gasteiger charge is 2.25. The predicted octanol–water partition coefficient (Wildman–Crippen LogP) is 6.31. The van der Waals surface area contributed by atoms with E-state index in [0.29, 0.717) is 0 Å². The van der Waals surface area contributed by atoms with Crippen LogP contribution in [0.1, 0.15) is 28.7 Å². The molecule has 0 spiro atoms. The van der Waals surface area contributed by atoms with Crippen LogP contribution in [0, 0.1) is 13.8 Å². The molecule has 0 atom stereocenters. The van der Waals surface area contributed by atoms with E-state index < -0.39 is 0 Å². The molecule has 5 rings (SSSR count). The van der Waals surface area contributed by atoms with Crippen molar-refractivity contribution in [2.24, 2.45) is 0 Å². The minimum Gasteiger partial charge on any atom is -0.0795 e. The zero-order valence-corrected chi connectivity index (χ0v) is 13.5. The van der Waals surface area contributed by atoms with E-state index in [1.54, 1.807) is 0 Å². The number of hydrogen-bond donors (Lipinski definition) is 0. The molecule has 2 aliphatic rings. The summed E-state index contributed by atoms with van der Waals surface area (Å²) in [7, 11) is 0. The third-order valence-corrected chi connectivity index (χ3v) is 5.43. The minimum absolute atomic E-state index is 1.04. The Bertz CT molecular complexity index is 1050. The Morgan fingerprint density at radius 2 is 1.61 bits per heavy atom. The number of benzene rings is 3. The van der Waals surface area contributed by atoms with Gasteiger partial charge in [-0.2, -0.15) is 0 Å². The molecule has 0 fully saturated rings. The van der Waals surface area contributed by atoms with Gasteiger partial charge in [0.25, 0.3) is 0 Å². The second kappa shape index (κ2) is 4.45. The van der Waals surface area contributed by atoms with E-state index in [1.165, 1.54) is 55.3 Å². The van der Waals surface area contributed by atoms with E-state index in [1.807, 2.05) is 0 Å². The summed E-state index contributed by atoms with van der Waals surface area (Å²) in [6.45, 7) is 4.51. The molecule has 0 heterocycles. The van der Waals surface area contributed by atoms with Crippen molar-refractivity contribution in [2.45, 2.75) is 20.3 Å². The third-order valence-electron chi connectivity index (χ3n) is 5.43. The number of aryl methyl sites for hydroxylation is 1. The van der Waals surface area contributed by atoms with Gasteiger partial charge < -0.3 is 0 Å². The molecule has 0 amide bonds. The molecule has 110 valence electrons. The molecule has 3 aromatic carbocycles. The Morgan fingerprint density at radius 3 is 2.48 bits per heavy atom. The Hall–Kier alpha value is -2.60. The summed E-state index contributed by atoms with van der Waals surface area (Å²) in [5, 5.41) is 2.79. The van der Waals surface area contributed by atoms with Crippen molar-refractivity contribution in [3.63, 3.8) is 0 Å². The van der Waals surface area contributed by atoms with Crippen molar-refractivity contribution in [1.82, 2.24) is 0 Å². The van der Waals surface area contributed by atoms with Crippen LogP contribution in [0.2, 0.25) is 0 Å². The maximum Gasteiger partial charge on any atom is -0.00267 e. The topological polar surface area (TPSA) is 0 Å². The molecule has 0 bridgehead atoms. The lowest BCUT2D eigenvalue weighted by Crippen LogP contribution is -1.94. The van der Waals surface area contributed by atoms with Crippen molar-refractivity contribution in [3.8, 4) is 11.1 Å². The zero-order chi connectivity index (χ0) is 15.6. The number of fused-ring (bicyclic) bond motifs is 4. The molecule has 0 heteroatoms. The lowest BCUT2D eigenvalue weighted by molar-refractivity contribution is 1.32. The van der Waals surface area contributed by atoms with Gasteiger partial charge in [-0.3, -0.25) is 0 Å². The predicted molar refractivity (Wildman–Crippen MR) is 99.4 cm³/mol. The van der Waals surface area contributed by atoms with Gasteiger partial charge in [-0.1, -0.05) is 60.7 Å². The van der Waals surface area contributed by atoms with Crippen molar-refractivity contribution < 1.29 is 0 Å². The first kappa shape index (κ1) is 12.9. The van der Waals surface area contributed by atoms with Crippen LogP contribution in [0.5, 0.6) is 0 Å². The Balaban J connectivity index is 2.09. The minimum atomic E-state index is 1.04. The van der Waals surface area contributed by atoms with E-state index in [-0.39, 0.29) is 0 Å². The molecular formula is C23H18. The zero-order valence-electron chi connectivity index (χ0n) is 13.5. The molecule has 0 N–H and O–H groups in total. The molecule has 0 unspecified atom stereocenters. The van der Waals surface area contributed by atoms with Crippen LogP contribution in [0.25, 0.3) is 33.0 Å². The Labute approximate surface area is 136 Å². The highest BCUT2D eigenvalue weighted by Crippen LogP contribution is 2.48. The van der Waals surface area contributed by atoms with E-state index in [0.717, 1.165) is 6.42 Å². The van der Waals surface area contributed by atoms with Crippen molar-refractivity contribution >= 4 is 21.9 Å². The van der Waals surface area contributed by atoms with E-state index in [2.05, 4.69) is 74.5 Å². The molecule has 0 aliphatic heterocycles. The van der Waals surface area contributed by atoms with Gasteiger partial charge in [0.2, 0.25) is 0 Å². The van der Waals surface area contributed by atoms with Gasteiger partial charge in [-0.15, -0.1) is 0 Å². The molecule has 2 aliphatic carbocycles. The summed E-state index contributed by atoms with van der Waals surface area (Å²) in [5.74, 6) is 0. The maximum absolute atomic E-state index is 2.34. The van der Waals surface area contributed by atoms with Gasteiger partial charge in [-0.05, 0) is 75.6 Å². The molecule has 3 aromatic rings. The van der Waals surface area contributed by atoms with Crippen LogP contribution in [0.4, 0.5) is 0 Å². The van der Waals surface area contributed by atoms with Gasteiger partial charge in [0, 0.05) is 0 Å². The van der Waals surface area contributed by atoms with Gasteiger partial charge in [0.1, 0.15) is 0 Å². The Morgan fingerprint density at radius 1 is 0.826 bits per heavy atom.